The van der Waals surface area contributed by atoms with Gasteiger partial charge >= 0.3 is 0 Å². The van der Waals surface area contributed by atoms with Crippen molar-refractivity contribution in [1.82, 2.24) is 5.16 Å². The number of hydrogen-bond acceptors (Lipinski definition) is 4. The van der Waals surface area contributed by atoms with Crippen LogP contribution < -0.4 is 5.73 Å². The van der Waals surface area contributed by atoms with E-state index in [1.807, 2.05) is 18.4 Å². The summed E-state index contributed by atoms with van der Waals surface area (Å²) in [4.78, 5) is 1.22. The summed E-state index contributed by atoms with van der Waals surface area (Å²) >= 11 is 3.84. The number of hydrogen-bond donors (Lipinski definition) is 1. The number of halogens is 1. The fraction of sp³-hybridized carbons (Fsp3) is 0.100. The minimum atomic E-state index is 0.444. The highest BCUT2D eigenvalue weighted by atomic mass is 127. The van der Waals surface area contributed by atoms with Crippen LogP contribution in [0.1, 0.15) is 0 Å². The molecule has 0 saturated heterocycles. The third-order valence-corrected chi connectivity index (χ3v) is 3.80. The zero-order valence-corrected chi connectivity index (χ0v) is 11.0. The maximum absolute atomic E-state index is 5.62. The fourth-order valence-electron chi connectivity index (χ4n) is 1.21. The van der Waals surface area contributed by atoms with Crippen LogP contribution in [0.25, 0.3) is 11.3 Å². The average molecular weight is 332 g/mol. The smallest absolute Gasteiger partial charge is 0.182 e. The third-order valence-electron chi connectivity index (χ3n) is 2.01. The largest absolute Gasteiger partial charge is 0.380 e. The lowest BCUT2D eigenvalue weighted by atomic mass is 10.2. The molecule has 0 saturated carbocycles. The van der Waals surface area contributed by atoms with Crippen LogP contribution in [0, 0.1) is 3.57 Å². The molecule has 1 heterocycles. The van der Waals surface area contributed by atoms with E-state index in [2.05, 4.69) is 39.9 Å². The van der Waals surface area contributed by atoms with Gasteiger partial charge in [0, 0.05) is 10.5 Å². The molecule has 0 aliphatic heterocycles. The highest BCUT2D eigenvalue weighted by Crippen LogP contribution is 2.30. The number of aromatic nitrogens is 1. The molecule has 0 aliphatic carbocycles. The van der Waals surface area contributed by atoms with E-state index in [1.54, 1.807) is 11.8 Å². The van der Waals surface area contributed by atoms with Gasteiger partial charge in [0.05, 0.1) is 0 Å². The summed E-state index contributed by atoms with van der Waals surface area (Å²) in [5.41, 5.74) is 6.62. The average Bonchev–Trinajstić information content (AvgIpc) is 2.60. The minimum Gasteiger partial charge on any atom is -0.380 e. The molecule has 1 aromatic heterocycles. The number of benzene rings is 1. The van der Waals surface area contributed by atoms with Crippen molar-refractivity contribution in [2.24, 2.45) is 0 Å². The summed E-state index contributed by atoms with van der Waals surface area (Å²) in [6.45, 7) is 0. The fourth-order valence-corrected chi connectivity index (χ4v) is 2.13. The van der Waals surface area contributed by atoms with Gasteiger partial charge in [-0.1, -0.05) is 5.16 Å². The van der Waals surface area contributed by atoms with Crippen LogP contribution in [0.15, 0.2) is 33.7 Å². The van der Waals surface area contributed by atoms with Gasteiger partial charge in [-0.2, -0.15) is 0 Å². The van der Waals surface area contributed by atoms with Gasteiger partial charge in [0.25, 0.3) is 0 Å². The molecule has 2 N–H and O–H groups in total. The van der Waals surface area contributed by atoms with Crippen molar-refractivity contribution in [3.63, 3.8) is 0 Å². The molecule has 0 spiro atoms. The van der Waals surface area contributed by atoms with Gasteiger partial charge in [0.2, 0.25) is 0 Å². The van der Waals surface area contributed by atoms with Crippen molar-refractivity contribution in [2.45, 2.75) is 4.90 Å². The second-order valence-corrected chi connectivity index (χ2v) is 4.90. The highest BCUT2D eigenvalue weighted by Gasteiger charge is 2.12. The number of nitrogens with zero attached hydrogens (tertiary/aromatic N) is 1. The number of anilines is 1. The van der Waals surface area contributed by atoms with Crippen LogP contribution in [0.5, 0.6) is 0 Å². The van der Waals surface area contributed by atoms with Crippen LogP contribution in [-0.4, -0.2) is 11.4 Å². The molecular formula is C10H9IN2OS. The SMILES string of the molecule is CSc1ccc(-c2onc(N)c2I)cc1. The maximum Gasteiger partial charge on any atom is 0.182 e. The van der Waals surface area contributed by atoms with E-state index >= 15 is 0 Å². The Balaban J connectivity index is 2.41. The zero-order valence-electron chi connectivity index (χ0n) is 8.03. The molecule has 78 valence electrons. The van der Waals surface area contributed by atoms with E-state index in [1.165, 1.54) is 4.90 Å². The molecular weight excluding hydrogens is 323 g/mol. The van der Waals surface area contributed by atoms with E-state index in [0.717, 1.165) is 14.9 Å². The summed E-state index contributed by atoms with van der Waals surface area (Å²) < 4.78 is 6.03. The van der Waals surface area contributed by atoms with Gasteiger partial charge in [-0.25, -0.2) is 0 Å². The summed E-state index contributed by atoms with van der Waals surface area (Å²) in [5, 5.41) is 3.73. The molecule has 0 aliphatic rings. The number of thioether (sulfide) groups is 1. The molecule has 0 radical (unpaired) electrons. The first-order valence-corrected chi connectivity index (χ1v) is 6.58. The zero-order chi connectivity index (χ0) is 10.8. The van der Waals surface area contributed by atoms with Gasteiger partial charge in [0.15, 0.2) is 11.6 Å². The molecule has 5 heteroatoms. The van der Waals surface area contributed by atoms with E-state index < -0.39 is 0 Å². The van der Waals surface area contributed by atoms with Crippen molar-refractivity contribution in [1.29, 1.82) is 0 Å². The Morgan fingerprint density at radius 1 is 1.33 bits per heavy atom. The van der Waals surface area contributed by atoms with Crippen molar-refractivity contribution >= 4 is 40.2 Å². The van der Waals surface area contributed by atoms with Crippen LogP contribution in [0.4, 0.5) is 5.82 Å². The van der Waals surface area contributed by atoms with Crippen molar-refractivity contribution in [3.05, 3.63) is 27.8 Å². The first-order chi connectivity index (χ1) is 7.22. The Morgan fingerprint density at radius 3 is 2.47 bits per heavy atom. The molecule has 2 rings (SSSR count). The maximum atomic E-state index is 5.62. The van der Waals surface area contributed by atoms with Crippen LogP contribution >= 0.6 is 34.4 Å². The first-order valence-electron chi connectivity index (χ1n) is 4.27. The van der Waals surface area contributed by atoms with Gasteiger partial charge in [-0.15, -0.1) is 11.8 Å². The van der Waals surface area contributed by atoms with Crippen LogP contribution in [-0.2, 0) is 0 Å². The topological polar surface area (TPSA) is 52.0 Å². The standard InChI is InChI=1S/C10H9IN2OS/c1-15-7-4-2-6(3-5-7)9-8(11)10(12)13-14-9/h2-5H,1H3,(H2,12,13). The summed E-state index contributed by atoms with van der Waals surface area (Å²) in [7, 11) is 0. The van der Waals surface area contributed by atoms with Gasteiger partial charge in [-0.05, 0) is 53.1 Å². The molecule has 0 atom stereocenters. The molecule has 15 heavy (non-hydrogen) atoms. The Hall–Kier alpha value is -0.690. The lowest BCUT2D eigenvalue weighted by Crippen LogP contribution is -1.86. The van der Waals surface area contributed by atoms with Gasteiger partial charge in [-0.3, -0.25) is 0 Å². The summed E-state index contributed by atoms with van der Waals surface area (Å²) in [6.07, 6.45) is 2.05. The molecule has 0 unspecified atom stereocenters. The molecule has 0 fully saturated rings. The van der Waals surface area contributed by atoms with Gasteiger partial charge in [0.1, 0.15) is 3.57 Å². The van der Waals surface area contributed by atoms with Gasteiger partial charge < -0.3 is 10.3 Å². The number of nitrogens with two attached hydrogens (primary N) is 1. The van der Waals surface area contributed by atoms with Crippen LogP contribution in [0.3, 0.4) is 0 Å². The lowest BCUT2D eigenvalue weighted by molar-refractivity contribution is 0.435. The highest BCUT2D eigenvalue weighted by molar-refractivity contribution is 14.1. The van der Waals surface area contributed by atoms with Crippen molar-refractivity contribution in [2.75, 3.05) is 12.0 Å². The normalized spacial score (nSPS) is 10.5. The molecule has 2 aromatic rings. The van der Waals surface area contributed by atoms with E-state index in [-0.39, 0.29) is 0 Å². The summed E-state index contributed by atoms with van der Waals surface area (Å²) in [6, 6.07) is 8.12. The molecule has 3 nitrogen and oxygen atoms in total. The predicted molar refractivity (Wildman–Crippen MR) is 70.8 cm³/mol. The monoisotopic (exact) mass is 332 g/mol. The Bertz CT molecular complexity index is 467. The number of nitrogen functional groups attached to an aromatic ring is 1. The predicted octanol–water partition coefficient (Wildman–Crippen LogP) is 3.25. The second-order valence-electron chi connectivity index (χ2n) is 2.94. The van der Waals surface area contributed by atoms with Crippen molar-refractivity contribution < 1.29 is 4.52 Å². The Morgan fingerprint density at radius 2 is 2.00 bits per heavy atom. The van der Waals surface area contributed by atoms with Crippen molar-refractivity contribution in [3.8, 4) is 11.3 Å². The summed E-state index contributed by atoms with van der Waals surface area (Å²) in [5.74, 6) is 1.18. The quantitative estimate of drug-likeness (QED) is 0.678. The molecule has 0 bridgehead atoms. The van der Waals surface area contributed by atoms with E-state index in [9.17, 15) is 0 Å². The number of rotatable bonds is 2. The minimum absolute atomic E-state index is 0.444. The lowest BCUT2D eigenvalue weighted by Gasteiger charge is -1.98. The third kappa shape index (κ3) is 2.12. The Kier molecular flexibility index (Phi) is 3.20. The van der Waals surface area contributed by atoms with E-state index in [0.29, 0.717) is 5.82 Å². The molecule has 1 aromatic carbocycles. The van der Waals surface area contributed by atoms with Crippen LogP contribution in [0.2, 0.25) is 0 Å². The molecule has 0 amide bonds. The first kappa shape index (κ1) is 10.8. The van der Waals surface area contributed by atoms with E-state index in [4.69, 9.17) is 10.3 Å². The Labute approximate surface area is 106 Å². The second kappa shape index (κ2) is 4.44.